The normalized spacial score (nSPS) is 18.5. The zero-order valence-electron chi connectivity index (χ0n) is 17.4. The second kappa shape index (κ2) is 11.6. The Morgan fingerprint density at radius 3 is 2.54 bits per heavy atom. The quantitative estimate of drug-likeness (QED) is 0.604. The summed E-state index contributed by atoms with van der Waals surface area (Å²) in [6.45, 7) is 6.94. The van der Waals surface area contributed by atoms with Gasteiger partial charge in [0.2, 0.25) is 5.91 Å². The van der Waals surface area contributed by atoms with E-state index in [1.54, 1.807) is 18.2 Å². The predicted molar refractivity (Wildman–Crippen MR) is 110 cm³/mol. The summed E-state index contributed by atoms with van der Waals surface area (Å²) in [5, 5.41) is 5.81. The third kappa shape index (κ3) is 6.43. The largest absolute Gasteiger partial charge is 0.490 e. The van der Waals surface area contributed by atoms with Crippen molar-refractivity contribution < 1.29 is 19.1 Å². The third-order valence-electron chi connectivity index (χ3n) is 5.15. The van der Waals surface area contributed by atoms with E-state index in [2.05, 4.69) is 17.6 Å². The number of hydrogen-bond acceptors (Lipinski definition) is 4. The van der Waals surface area contributed by atoms with E-state index in [1.807, 2.05) is 13.8 Å². The first kappa shape index (κ1) is 22.1. The number of ether oxygens (including phenoxy) is 2. The average Bonchev–Trinajstić information content (AvgIpc) is 3.13. The minimum absolute atomic E-state index is 0.0208. The Hall–Kier alpha value is -2.24. The molecule has 2 atom stereocenters. The van der Waals surface area contributed by atoms with Gasteiger partial charge in [-0.2, -0.15) is 0 Å². The second-order valence-corrected chi connectivity index (χ2v) is 7.22. The van der Waals surface area contributed by atoms with Crippen LogP contribution in [0.3, 0.4) is 0 Å². The molecule has 156 valence electrons. The summed E-state index contributed by atoms with van der Waals surface area (Å²) in [7, 11) is 0. The summed E-state index contributed by atoms with van der Waals surface area (Å²) in [4.78, 5) is 24.7. The highest BCUT2D eigenvalue weighted by Gasteiger charge is 2.27. The number of benzene rings is 1. The predicted octanol–water partition coefficient (Wildman–Crippen LogP) is 3.69. The van der Waals surface area contributed by atoms with E-state index >= 15 is 0 Å². The summed E-state index contributed by atoms with van der Waals surface area (Å²) in [6, 6.07) is 5.30. The van der Waals surface area contributed by atoms with Crippen LogP contribution in [0.1, 0.15) is 69.7 Å². The molecule has 1 aromatic rings. The van der Waals surface area contributed by atoms with Crippen molar-refractivity contribution in [2.75, 3.05) is 19.8 Å². The van der Waals surface area contributed by atoms with Crippen LogP contribution in [0.25, 0.3) is 0 Å². The van der Waals surface area contributed by atoms with Crippen molar-refractivity contribution in [3.63, 3.8) is 0 Å². The van der Waals surface area contributed by atoms with E-state index in [9.17, 15) is 9.59 Å². The lowest BCUT2D eigenvalue weighted by Gasteiger charge is -2.21. The van der Waals surface area contributed by atoms with Gasteiger partial charge in [-0.3, -0.25) is 9.59 Å². The molecule has 2 rings (SSSR count). The van der Waals surface area contributed by atoms with Crippen LogP contribution in [0.2, 0.25) is 0 Å². The Morgan fingerprint density at radius 1 is 1.07 bits per heavy atom. The molecule has 2 amide bonds. The summed E-state index contributed by atoms with van der Waals surface area (Å²) >= 11 is 0. The molecule has 0 radical (unpaired) electrons. The molecular formula is C22H34N2O4. The lowest BCUT2D eigenvalue weighted by molar-refractivity contribution is -0.121. The molecule has 6 heteroatoms. The molecule has 6 nitrogen and oxygen atoms in total. The molecule has 2 N–H and O–H groups in total. The van der Waals surface area contributed by atoms with Gasteiger partial charge in [0.15, 0.2) is 11.5 Å². The minimum Gasteiger partial charge on any atom is -0.490 e. The van der Waals surface area contributed by atoms with Gasteiger partial charge in [0.25, 0.3) is 5.91 Å². The number of unbranched alkanes of at least 4 members (excludes halogenated alkanes) is 1. The van der Waals surface area contributed by atoms with Crippen LogP contribution in [-0.4, -0.2) is 37.6 Å². The number of carbonyl (C=O) groups is 2. The van der Waals surface area contributed by atoms with Crippen molar-refractivity contribution in [2.45, 2.75) is 65.3 Å². The summed E-state index contributed by atoms with van der Waals surface area (Å²) in [6.07, 6.45) is 6.93. The van der Waals surface area contributed by atoms with Gasteiger partial charge in [0, 0.05) is 11.6 Å². The molecule has 0 aromatic heterocycles. The molecule has 0 spiro atoms. The van der Waals surface area contributed by atoms with E-state index in [-0.39, 0.29) is 24.4 Å². The first-order valence-electron chi connectivity index (χ1n) is 10.6. The fourth-order valence-electron chi connectivity index (χ4n) is 3.75. The van der Waals surface area contributed by atoms with Crippen LogP contribution in [0.15, 0.2) is 18.2 Å². The Bertz CT molecular complexity index is 647. The fraction of sp³-hybridized carbons (Fsp3) is 0.636. The Kier molecular flexibility index (Phi) is 9.11. The van der Waals surface area contributed by atoms with Crippen LogP contribution in [0.4, 0.5) is 0 Å². The van der Waals surface area contributed by atoms with Gasteiger partial charge in [0.1, 0.15) is 0 Å². The molecule has 2 unspecified atom stereocenters. The SMILES string of the molecule is CCCCC1CCCC1NC(=O)CNC(=O)c1ccc(OCC)c(OCC)c1. The minimum atomic E-state index is -0.298. The standard InChI is InChI=1S/C22H34N2O4/c1-4-7-9-16-10-8-11-18(16)24-21(25)15-23-22(26)17-12-13-19(27-5-2)20(14-17)28-6-3/h12-14,16,18H,4-11,15H2,1-3H3,(H,23,26)(H,24,25). The van der Waals surface area contributed by atoms with Crippen LogP contribution in [0, 0.1) is 5.92 Å². The second-order valence-electron chi connectivity index (χ2n) is 7.22. The molecule has 1 aliphatic carbocycles. The van der Waals surface area contributed by atoms with E-state index in [0.29, 0.717) is 36.2 Å². The number of hydrogen-bond donors (Lipinski definition) is 2. The topological polar surface area (TPSA) is 76.7 Å². The lowest BCUT2D eigenvalue weighted by atomic mass is 9.97. The fourth-order valence-corrected chi connectivity index (χ4v) is 3.75. The van der Waals surface area contributed by atoms with Crippen LogP contribution in [0.5, 0.6) is 11.5 Å². The molecule has 28 heavy (non-hydrogen) atoms. The van der Waals surface area contributed by atoms with Gasteiger partial charge in [0.05, 0.1) is 19.8 Å². The van der Waals surface area contributed by atoms with Gasteiger partial charge in [-0.25, -0.2) is 0 Å². The molecule has 0 aliphatic heterocycles. The summed E-state index contributed by atoms with van der Waals surface area (Å²) in [5.41, 5.74) is 0.446. The highest BCUT2D eigenvalue weighted by atomic mass is 16.5. The highest BCUT2D eigenvalue weighted by Crippen LogP contribution is 2.30. The Morgan fingerprint density at radius 2 is 1.82 bits per heavy atom. The maximum absolute atomic E-state index is 12.4. The Labute approximate surface area is 168 Å². The maximum Gasteiger partial charge on any atom is 0.251 e. The zero-order valence-corrected chi connectivity index (χ0v) is 17.4. The van der Waals surface area contributed by atoms with Gasteiger partial charge < -0.3 is 20.1 Å². The lowest BCUT2D eigenvalue weighted by Crippen LogP contribution is -2.43. The molecule has 1 saturated carbocycles. The van der Waals surface area contributed by atoms with E-state index < -0.39 is 0 Å². The van der Waals surface area contributed by atoms with Crippen molar-refractivity contribution in [2.24, 2.45) is 5.92 Å². The number of amides is 2. The van der Waals surface area contributed by atoms with Gasteiger partial charge in [-0.15, -0.1) is 0 Å². The zero-order chi connectivity index (χ0) is 20.4. The molecule has 0 heterocycles. The van der Waals surface area contributed by atoms with Crippen molar-refractivity contribution >= 4 is 11.8 Å². The van der Waals surface area contributed by atoms with Gasteiger partial charge in [-0.05, 0) is 57.2 Å². The van der Waals surface area contributed by atoms with E-state index in [4.69, 9.17) is 9.47 Å². The van der Waals surface area contributed by atoms with Crippen molar-refractivity contribution in [3.8, 4) is 11.5 Å². The molecule has 1 aromatic carbocycles. The molecule has 1 aliphatic rings. The highest BCUT2D eigenvalue weighted by molar-refractivity contribution is 5.97. The first-order valence-corrected chi connectivity index (χ1v) is 10.6. The monoisotopic (exact) mass is 390 g/mol. The average molecular weight is 391 g/mol. The van der Waals surface area contributed by atoms with Crippen molar-refractivity contribution in [3.05, 3.63) is 23.8 Å². The van der Waals surface area contributed by atoms with Crippen LogP contribution in [-0.2, 0) is 4.79 Å². The Balaban J connectivity index is 1.87. The number of nitrogens with one attached hydrogen (secondary N) is 2. The van der Waals surface area contributed by atoms with E-state index in [0.717, 1.165) is 12.8 Å². The first-order chi connectivity index (χ1) is 13.6. The van der Waals surface area contributed by atoms with Crippen LogP contribution < -0.4 is 20.1 Å². The van der Waals surface area contributed by atoms with E-state index in [1.165, 1.54) is 25.7 Å². The number of rotatable bonds is 11. The van der Waals surface area contributed by atoms with Crippen molar-refractivity contribution in [1.82, 2.24) is 10.6 Å². The molecular weight excluding hydrogens is 356 g/mol. The van der Waals surface area contributed by atoms with Gasteiger partial charge in [-0.1, -0.05) is 26.2 Å². The maximum atomic E-state index is 12.4. The van der Waals surface area contributed by atoms with Crippen LogP contribution >= 0.6 is 0 Å². The molecule has 0 bridgehead atoms. The summed E-state index contributed by atoms with van der Waals surface area (Å²) < 4.78 is 11.1. The molecule has 0 saturated heterocycles. The summed E-state index contributed by atoms with van der Waals surface area (Å²) in [5.74, 6) is 1.29. The van der Waals surface area contributed by atoms with Crippen molar-refractivity contribution in [1.29, 1.82) is 0 Å². The molecule has 1 fully saturated rings. The van der Waals surface area contributed by atoms with Gasteiger partial charge >= 0.3 is 0 Å². The smallest absolute Gasteiger partial charge is 0.251 e. The third-order valence-corrected chi connectivity index (χ3v) is 5.15. The number of carbonyl (C=O) groups excluding carboxylic acids is 2.